The molecule has 1 aromatic carbocycles. The lowest BCUT2D eigenvalue weighted by Gasteiger charge is -2.24. The molecule has 0 saturated heterocycles. The summed E-state index contributed by atoms with van der Waals surface area (Å²) in [6.07, 6.45) is -0.119. The molecule has 0 bridgehead atoms. The molecule has 2 atom stereocenters. The number of ether oxygens (including phenoxy) is 1. The molecule has 0 radical (unpaired) electrons. The Kier molecular flexibility index (Phi) is 10.4. The summed E-state index contributed by atoms with van der Waals surface area (Å²) in [5, 5.41) is 23.3. The fourth-order valence-electron chi connectivity index (χ4n) is 2.77. The van der Waals surface area contributed by atoms with Crippen LogP contribution in [0, 0.1) is 5.92 Å². The molecule has 0 aliphatic carbocycles. The van der Waals surface area contributed by atoms with Gasteiger partial charge in [-0.1, -0.05) is 26.0 Å². The van der Waals surface area contributed by atoms with Crippen LogP contribution >= 0.6 is 0 Å². The van der Waals surface area contributed by atoms with Gasteiger partial charge in [-0.05, 0) is 37.0 Å². The predicted octanol–water partition coefficient (Wildman–Crippen LogP) is 1.38. The third-order valence-electron chi connectivity index (χ3n) is 4.19. The average Bonchev–Trinajstić information content (AvgIpc) is 2.66. The molecule has 1 aromatic rings. The molecule has 30 heavy (non-hydrogen) atoms. The minimum absolute atomic E-state index is 0.0682. The van der Waals surface area contributed by atoms with E-state index in [1.165, 1.54) is 12.1 Å². The Hall–Kier alpha value is -3.10. The zero-order chi connectivity index (χ0) is 22.7. The summed E-state index contributed by atoms with van der Waals surface area (Å²) >= 11 is 0. The third-order valence-corrected chi connectivity index (χ3v) is 4.19. The zero-order valence-corrected chi connectivity index (χ0v) is 17.5. The topological polar surface area (TPSA) is 142 Å². The Morgan fingerprint density at radius 3 is 2.17 bits per heavy atom. The monoisotopic (exact) mass is 422 g/mol. The standard InChI is InChI=1S/C21H30N2O7/c1-4-30-21(29)17(12-14-5-7-15(24)8-6-14)23-20(28)16(11-13(2)3)22-18(25)9-10-19(26)27/h5-8,13,16-17,24H,4,9-12H2,1-3H3,(H,22,25)(H,23,28)(H,26,27)/t16-,17-/m0/s1. The number of carboxylic acid groups (broad SMARTS) is 1. The number of amides is 2. The predicted molar refractivity (Wildman–Crippen MR) is 109 cm³/mol. The van der Waals surface area contributed by atoms with Crippen molar-refractivity contribution in [3.05, 3.63) is 29.8 Å². The average molecular weight is 422 g/mol. The van der Waals surface area contributed by atoms with Gasteiger partial charge in [-0.15, -0.1) is 0 Å². The lowest BCUT2D eigenvalue weighted by molar-refractivity contribution is -0.147. The van der Waals surface area contributed by atoms with E-state index >= 15 is 0 Å². The number of rotatable bonds is 12. The smallest absolute Gasteiger partial charge is 0.328 e. The minimum atomic E-state index is -1.11. The number of aliphatic carboxylic acids is 1. The second kappa shape index (κ2) is 12.5. The first-order chi connectivity index (χ1) is 14.1. The maximum absolute atomic E-state index is 12.8. The van der Waals surface area contributed by atoms with E-state index in [0.29, 0.717) is 12.0 Å². The number of carboxylic acids is 1. The molecule has 2 amide bonds. The number of carbonyl (C=O) groups excluding carboxylic acids is 3. The number of nitrogens with one attached hydrogen (secondary N) is 2. The van der Waals surface area contributed by atoms with Crippen molar-refractivity contribution in [1.82, 2.24) is 10.6 Å². The van der Waals surface area contributed by atoms with Crippen LogP contribution in [0.2, 0.25) is 0 Å². The zero-order valence-electron chi connectivity index (χ0n) is 17.5. The van der Waals surface area contributed by atoms with Crippen molar-refractivity contribution >= 4 is 23.8 Å². The van der Waals surface area contributed by atoms with Crippen molar-refractivity contribution in [2.45, 2.75) is 58.5 Å². The molecular formula is C21H30N2O7. The molecule has 1 rings (SSSR count). The molecule has 0 aliphatic heterocycles. The van der Waals surface area contributed by atoms with E-state index in [2.05, 4.69) is 10.6 Å². The van der Waals surface area contributed by atoms with Crippen LogP contribution in [-0.4, -0.2) is 52.7 Å². The van der Waals surface area contributed by atoms with Gasteiger partial charge in [0.05, 0.1) is 13.0 Å². The quantitative estimate of drug-likeness (QED) is 0.373. The van der Waals surface area contributed by atoms with Crippen LogP contribution in [0.1, 0.15) is 45.6 Å². The first-order valence-corrected chi connectivity index (χ1v) is 9.88. The van der Waals surface area contributed by atoms with Crippen LogP contribution in [0.25, 0.3) is 0 Å². The second-order valence-electron chi connectivity index (χ2n) is 7.33. The summed E-state index contributed by atoms with van der Waals surface area (Å²) in [4.78, 5) is 47.9. The molecule has 4 N–H and O–H groups in total. The lowest BCUT2D eigenvalue weighted by atomic mass is 10.0. The van der Waals surface area contributed by atoms with E-state index < -0.39 is 35.8 Å². The highest BCUT2D eigenvalue weighted by Gasteiger charge is 2.28. The van der Waals surface area contributed by atoms with E-state index in [4.69, 9.17) is 9.84 Å². The van der Waals surface area contributed by atoms with Crippen molar-refractivity contribution in [3.8, 4) is 5.75 Å². The lowest BCUT2D eigenvalue weighted by Crippen LogP contribution is -2.53. The van der Waals surface area contributed by atoms with Gasteiger partial charge in [0.15, 0.2) is 0 Å². The van der Waals surface area contributed by atoms with Crippen LogP contribution in [0.4, 0.5) is 0 Å². The van der Waals surface area contributed by atoms with E-state index in [0.717, 1.165) is 0 Å². The molecule has 9 nitrogen and oxygen atoms in total. The Balaban J connectivity index is 2.90. The first kappa shape index (κ1) is 24.9. The minimum Gasteiger partial charge on any atom is -0.508 e. The fraction of sp³-hybridized carbons (Fsp3) is 0.524. The second-order valence-corrected chi connectivity index (χ2v) is 7.33. The Labute approximate surface area is 175 Å². The molecule has 0 aliphatic rings. The number of esters is 1. The van der Waals surface area contributed by atoms with Gasteiger partial charge in [0.1, 0.15) is 17.8 Å². The van der Waals surface area contributed by atoms with Crippen molar-refractivity contribution < 1.29 is 34.1 Å². The Morgan fingerprint density at radius 1 is 1.00 bits per heavy atom. The number of carbonyl (C=O) groups is 4. The largest absolute Gasteiger partial charge is 0.508 e. The summed E-state index contributed by atoms with van der Waals surface area (Å²) < 4.78 is 5.05. The maximum Gasteiger partial charge on any atom is 0.328 e. The summed E-state index contributed by atoms with van der Waals surface area (Å²) in [5.41, 5.74) is 0.706. The molecule has 0 saturated carbocycles. The van der Waals surface area contributed by atoms with Gasteiger partial charge >= 0.3 is 11.9 Å². The molecule has 9 heteroatoms. The molecule has 0 spiro atoms. The van der Waals surface area contributed by atoms with Gasteiger partial charge in [-0.3, -0.25) is 14.4 Å². The molecule has 0 heterocycles. The fourth-order valence-corrected chi connectivity index (χ4v) is 2.77. The first-order valence-electron chi connectivity index (χ1n) is 9.88. The number of hydrogen-bond acceptors (Lipinski definition) is 6. The number of aromatic hydroxyl groups is 1. The SMILES string of the molecule is CCOC(=O)[C@H](Cc1ccc(O)cc1)NC(=O)[C@H](CC(C)C)NC(=O)CCC(=O)O. The Bertz CT molecular complexity index is 731. The summed E-state index contributed by atoms with van der Waals surface area (Å²) in [6, 6.07) is 4.32. The molecule has 0 aromatic heterocycles. The number of hydrogen-bond donors (Lipinski definition) is 4. The normalized spacial score (nSPS) is 12.7. The van der Waals surface area contributed by atoms with Crippen molar-refractivity contribution in [1.29, 1.82) is 0 Å². The summed E-state index contributed by atoms with van der Waals surface area (Å²) in [6.45, 7) is 5.55. The van der Waals surface area contributed by atoms with Crippen molar-refractivity contribution in [3.63, 3.8) is 0 Å². The van der Waals surface area contributed by atoms with Gasteiger partial charge in [0.2, 0.25) is 11.8 Å². The molecule has 0 unspecified atom stereocenters. The van der Waals surface area contributed by atoms with E-state index in [-0.39, 0.29) is 37.5 Å². The van der Waals surface area contributed by atoms with Crippen molar-refractivity contribution in [2.24, 2.45) is 5.92 Å². The summed E-state index contributed by atoms with van der Waals surface area (Å²) in [7, 11) is 0. The molecule has 166 valence electrons. The highest BCUT2D eigenvalue weighted by molar-refractivity contribution is 5.91. The van der Waals surface area contributed by atoms with Crippen LogP contribution in [-0.2, 0) is 30.3 Å². The van der Waals surface area contributed by atoms with Gasteiger partial charge in [-0.25, -0.2) is 4.79 Å². The van der Waals surface area contributed by atoms with Crippen LogP contribution in [0.15, 0.2) is 24.3 Å². The number of benzene rings is 1. The van der Waals surface area contributed by atoms with Gasteiger partial charge in [0, 0.05) is 12.8 Å². The van der Waals surface area contributed by atoms with E-state index in [1.807, 2.05) is 13.8 Å². The maximum atomic E-state index is 12.8. The highest BCUT2D eigenvalue weighted by atomic mass is 16.5. The van der Waals surface area contributed by atoms with Crippen LogP contribution < -0.4 is 10.6 Å². The van der Waals surface area contributed by atoms with Crippen LogP contribution in [0.5, 0.6) is 5.75 Å². The molecular weight excluding hydrogens is 392 g/mol. The van der Waals surface area contributed by atoms with Gasteiger partial charge in [0.25, 0.3) is 0 Å². The van der Waals surface area contributed by atoms with E-state index in [1.54, 1.807) is 19.1 Å². The van der Waals surface area contributed by atoms with Crippen molar-refractivity contribution in [2.75, 3.05) is 6.61 Å². The third kappa shape index (κ3) is 9.40. The van der Waals surface area contributed by atoms with Crippen LogP contribution in [0.3, 0.4) is 0 Å². The summed E-state index contributed by atoms with van der Waals surface area (Å²) in [5.74, 6) is -2.67. The van der Waals surface area contributed by atoms with Gasteiger partial charge < -0.3 is 25.6 Å². The van der Waals surface area contributed by atoms with E-state index in [9.17, 15) is 24.3 Å². The molecule has 0 fully saturated rings. The highest BCUT2D eigenvalue weighted by Crippen LogP contribution is 2.13. The Morgan fingerprint density at radius 2 is 1.63 bits per heavy atom. The number of phenols is 1. The van der Waals surface area contributed by atoms with Gasteiger partial charge in [-0.2, -0.15) is 0 Å². The number of phenolic OH excluding ortho intramolecular Hbond substituents is 1.